The van der Waals surface area contributed by atoms with Crippen molar-refractivity contribution in [2.75, 3.05) is 6.61 Å². The quantitative estimate of drug-likeness (QED) is 0.351. The van der Waals surface area contributed by atoms with Gasteiger partial charge < -0.3 is 34.3 Å². The SMILES string of the molecule is CCCCCCCCCCCc1oc(=O)ccc1OC1OC(CO)C(O)C(O)C1O. The predicted octanol–water partition coefficient (Wildman–Crippen LogP) is 1.89. The Hall–Kier alpha value is -1.45. The van der Waals surface area contributed by atoms with Gasteiger partial charge in [0.2, 0.25) is 6.29 Å². The molecule has 0 aromatic carbocycles. The first-order valence-electron chi connectivity index (χ1n) is 11.1. The summed E-state index contributed by atoms with van der Waals surface area (Å²) in [5, 5.41) is 39.2. The highest BCUT2D eigenvalue weighted by Crippen LogP contribution is 2.27. The van der Waals surface area contributed by atoms with E-state index >= 15 is 0 Å². The number of rotatable bonds is 13. The van der Waals surface area contributed by atoms with E-state index in [2.05, 4.69) is 6.92 Å². The Bertz CT molecular complexity index is 659. The lowest BCUT2D eigenvalue weighted by Crippen LogP contribution is -2.60. The van der Waals surface area contributed by atoms with Crippen molar-refractivity contribution in [2.45, 2.75) is 102 Å². The van der Waals surface area contributed by atoms with Gasteiger partial charge in [-0.3, -0.25) is 0 Å². The maximum absolute atomic E-state index is 11.6. The molecule has 8 nitrogen and oxygen atoms in total. The molecule has 0 saturated carbocycles. The fourth-order valence-electron chi connectivity index (χ4n) is 3.61. The fourth-order valence-corrected chi connectivity index (χ4v) is 3.61. The second-order valence-corrected chi connectivity index (χ2v) is 7.94. The number of ether oxygens (including phenoxy) is 2. The van der Waals surface area contributed by atoms with E-state index in [1.165, 1.54) is 50.7 Å². The molecule has 0 bridgehead atoms. The Labute approximate surface area is 177 Å². The molecule has 0 spiro atoms. The molecule has 1 aliphatic rings. The Morgan fingerprint density at radius 1 is 0.900 bits per heavy atom. The zero-order chi connectivity index (χ0) is 21.9. The van der Waals surface area contributed by atoms with Crippen LogP contribution in [-0.2, 0) is 11.2 Å². The summed E-state index contributed by atoms with van der Waals surface area (Å²) in [6, 6.07) is 2.65. The topological polar surface area (TPSA) is 130 Å². The van der Waals surface area contributed by atoms with Crippen molar-refractivity contribution in [2.24, 2.45) is 0 Å². The van der Waals surface area contributed by atoms with Gasteiger partial charge in [-0.2, -0.15) is 0 Å². The summed E-state index contributed by atoms with van der Waals surface area (Å²) in [5.41, 5.74) is -0.498. The van der Waals surface area contributed by atoms with Gasteiger partial charge in [-0.05, 0) is 12.5 Å². The van der Waals surface area contributed by atoms with Crippen LogP contribution in [0, 0.1) is 0 Å². The Kier molecular flexibility index (Phi) is 10.8. The van der Waals surface area contributed by atoms with Crippen LogP contribution in [0.3, 0.4) is 0 Å². The highest BCUT2D eigenvalue weighted by atomic mass is 16.7. The molecule has 1 aromatic heterocycles. The molecule has 1 fully saturated rings. The lowest BCUT2D eigenvalue weighted by molar-refractivity contribution is -0.277. The summed E-state index contributed by atoms with van der Waals surface area (Å²) in [4.78, 5) is 11.6. The summed E-state index contributed by atoms with van der Waals surface area (Å²) < 4.78 is 16.3. The zero-order valence-electron chi connectivity index (χ0n) is 17.7. The van der Waals surface area contributed by atoms with E-state index in [1.807, 2.05) is 0 Å². The highest BCUT2D eigenvalue weighted by Gasteiger charge is 2.44. The highest BCUT2D eigenvalue weighted by molar-refractivity contribution is 5.25. The van der Waals surface area contributed by atoms with Gasteiger partial charge in [-0.25, -0.2) is 4.79 Å². The molecule has 30 heavy (non-hydrogen) atoms. The smallest absolute Gasteiger partial charge is 0.336 e. The maximum Gasteiger partial charge on any atom is 0.336 e. The maximum atomic E-state index is 11.6. The first kappa shape index (κ1) is 24.8. The molecule has 1 saturated heterocycles. The number of hydrogen-bond donors (Lipinski definition) is 4. The van der Waals surface area contributed by atoms with Crippen LogP contribution in [0.2, 0.25) is 0 Å². The first-order chi connectivity index (χ1) is 14.5. The van der Waals surface area contributed by atoms with Crippen molar-refractivity contribution in [3.63, 3.8) is 0 Å². The molecule has 0 aliphatic carbocycles. The molecule has 5 atom stereocenters. The summed E-state index contributed by atoms with van der Waals surface area (Å²) >= 11 is 0. The Morgan fingerprint density at radius 2 is 1.53 bits per heavy atom. The van der Waals surface area contributed by atoms with Crippen molar-refractivity contribution in [3.8, 4) is 5.75 Å². The average Bonchev–Trinajstić information content (AvgIpc) is 2.74. The number of unbranched alkanes of at least 4 members (excludes halogenated alkanes) is 8. The molecule has 2 rings (SSSR count). The average molecular weight is 429 g/mol. The van der Waals surface area contributed by atoms with Crippen LogP contribution in [0.1, 0.15) is 70.5 Å². The third kappa shape index (κ3) is 7.35. The van der Waals surface area contributed by atoms with Crippen LogP contribution >= 0.6 is 0 Å². The van der Waals surface area contributed by atoms with E-state index in [0.29, 0.717) is 12.2 Å². The summed E-state index contributed by atoms with van der Waals surface area (Å²) in [6.45, 7) is 1.66. The van der Waals surface area contributed by atoms with Gasteiger partial charge in [0.1, 0.15) is 30.2 Å². The fraction of sp³-hybridized carbons (Fsp3) is 0.773. The van der Waals surface area contributed by atoms with E-state index < -0.39 is 42.9 Å². The minimum absolute atomic E-state index is 0.235. The van der Waals surface area contributed by atoms with Crippen LogP contribution in [0.15, 0.2) is 21.3 Å². The van der Waals surface area contributed by atoms with Gasteiger partial charge in [-0.1, -0.05) is 58.3 Å². The van der Waals surface area contributed by atoms with Crippen LogP contribution < -0.4 is 10.4 Å². The van der Waals surface area contributed by atoms with Crippen LogP contribution in [0.4, 0.5) is 0 Å². The number of hydrogen-bond acceptors (Lipinski definition) is 8. The second-order valence-electron chi connectivity index (χ2n) is 7.94. The molecule has 4 N–H and O–H groups in total. The van der Waals surface area contributed by atoms with Gasteiger partial charge in [0.05, 0.1) is 6.61 Å². The number of aliphatic hydroxyl groups is 4. The molecule has 1 aliphatic heterocycles. The van der Waals surface area contributed by atoms with Crippen molar-refractivity contribution in [1.29, 1.82) is 0 Å². The van der Waals surface area contributed by atoms with Gasteiger partial charge in [0.25, 0.3) is 0 Å². The van der Waals surface area contributed by atoms with Crippen LogP contribution in [-0.4, -0.2) is 57.7 Å². The summed E-state index contributed by atoms with van der Waals surface area (Å²) in [6.07, 6.45) is 4.11. The van der Waals surface area contributed by atoms with E-state index in [-0.39, 0.29) is 5.75 Å². The molecule has 5 unspecified atom stereocenters. The summed E-state index contributed by atoms with van der Waals surface area (Å²) in [7, 11) is 0. The van der Waals surface area contributed by atoms with Crippen molar-refractivity contribution >= 4 is 0 Å². The molecular weight excluding hydrogens is 392 g/mol. The normalized spacial score (nSPS) is 26.6. The molecule has 1 aromatic rings. The molecule has 8 heteroatoms. The molecule has 172 valence electrons. The largest absolute Gasteiger partial charge is 0.458 e. The molecule has 0 amide bonds. The van der Waals surface area contributed by atoms with E-state index in [4.69, 9.17) is 13.9 Å². The standard InChI is InChI=1S/C22H36O8/c1-2-3-4-5-6-7-8-9-10-11-15-16(12-13-18(24)28-15)29-22-21(27)20(26)19(25)17(14-23)30-22/h12-13,17,19-23,25-27H,2-11,14H2,1H3. The summed E-state index contributed by atoms with van der Waals surface area (Å²) in [5.74, 6) is 0.584. The Morgan fingerprint density at radius 3 is 2.17 bits per heavy atom. The third-order valence-corrected chi connectivity index (χ3v) is 5.47. The third-order valence-electron chi connectivity index (χ3n) is 5.47. The van der Waals surface area contributed by atoms with E-state index in [1.54, 1.807) is 0 Å². The van der Waals surface area contributed by atoms with Gasteiger partial charge in [0.15, 0.2) is 5.75 Å². The monoisotopic (exact) mass is 428 g/mol. The van der Waals surface area contributed by atoms with Crippen LogP contribution in [0.5, 0.6) is 5.75 Å². The van der Waals surface area contributed by atoms with Crippen LogP contribution in [0.25, 0.3) is 0 Å². The van der Waals surface area contributed by atoms with Crippen molar-refractivity contribution < 1.29 is 34.3 Å². The van der Waals surface area contributed by atoms with Crippen molar-refractivity contribution in [1.82, 2.24) is 0 Å². The zero-order valence-corrected chi connectivity index (χ0v) is 17.7. The Balaban J connectivity index is 1.86. The molecule has 2 heterocycles. The molecular formula is C22H36O8. The van der Waals surface area contributed by atoms with Gasteiger partial charge in [0, 0.05) is 12.5 Å². The first-order valence-corrected chi connectivity index (χ1v) is 11.1. The predicted molar refractivity (Wildman–Crippen MR) is 110 cm³/mol. The lowest BCUT2D eigenvalue weighted by Gasteiger charge is -2.39. The number of aliphatic hydroxyl groups excluding tert-OH is 4. The van der Waals surface area contributed by atoms with Crippen molar-refractivity contribution in [3.05, 3.63) is 28.3 Å². The van der Waals surface area contributed by atoms with Gasteiger partial charge >= 0.3 is 5.63 Å². The molecule has 0 radical (unpaired) electrons. The number of aryl methyl sites for hydroxylation is 1. The minimum Gasteiger partial charge on any atom is -0.458 e. The van der Waals surface area contributed by atoms with E-state index in [9.17, 15) is 25.2 Å². The minimum atomic E-state index is -1.53. The second kappa shape index (κ2) is 13.1. The van der Waals surface area contributed by atoms with Gasteiger partial charge in [-0.15, -0.1) is 0 Å². The van der Waals surface area contributed by atoms with E-state index in [0.717, 1.165) is 19.3 Å². The lowest BCUT2D eigenvalue weighted by atomic mass is 9.99.